The summed E-state index contributed by atoms with van der Waals surface area (Å²) in [5.41, 5.74) is 5.34. The van der Waals surface area contributed by atoms with Gasteiger partial charge in [0.25, 0.3) is 0 Å². The van der Waals surface area contributed by atoms with E-state index in [2.05, 4.69) is 25.9 Å². The summed E-state index contributed by atoms with van der Waals surface area (Å²) in [4.78, 5) is 8.20. The van der Waals surface area contributed by atoms with Gasteiger partial charge in [-0.2, -0.15) is 0 Å². The van der Waals surface area contributed by atoms with Gasteiger partial charge in [-0.25, -0.2) is 9.97 Å². The highest BCUT2D eigenvalue weighted by Gasteiger charge is 1.94. The van der Waals surface area contributed by atoms with E-state index >= 15 is 0 Å². The van der Waals surface area contributed by atoms with Crippen LogP contribution in [-0.2, 0) is 6.42 Å². The number of nitrogens with zero attached hydrogens (tertiary/aromatic N) is 2. The van der Waals surface area contributed by atoms with Gasteiger partial charge in [0, 0.05) is 18.8 Å². The summed E-state index contributed by atoms with van der Waals surface area (Å²) in [5, 5.41) is 0. The van der Waals surface area contributed by atoms with Crippen LogP contribution in [0.5, 0.6) is 0 Å². The van der Waals surface area contributed by atoms with Gasteiger partial charge < -0.3 is 5.73 Å². The van der Waals surface area contributed by atoms with Crippen molar-refractivity contribution in [2.45, 2.75) is 12.8 Å². The monoisotopic (exact) mass is 215 g/mol. The molecule has 0 amide bonds. The Balaban J connectivity index is 2.52. The van der Waals surface area contributed by atoms with Gasteiger partial charge in [0.15, 0.2) is 0 Å². The molecule has 4 heteroatoms. The minimum atomic E-state index is 0.694. The summed E-state index contributed by atoms with van der Waals surface area (Å²) >= 11 is 3.26. The van der Waals surface area contributed by atoms with E-state index in [1.807, 2.05) is 0 Å². The third-order valence-electron chi connectivity index (χ3n) is 1.28. The minimum Gasteiger partial charge on any atom is -0.330 e. The molecule has 2 N–H and O–H groups in total. The number of nitrogens with two attached hydrogens (primary N) is 1. The van der Waals surface area contributed by atoms with Crippen molar-refractivity contribution in [1.82, 2.24) is 9.97 Å². The molecular formula is C7H10BrN3. The number of halogens is 1. The number of aryl methyl sites for hydroxylation is 1. The van der Waals surface area contributed by atoms with Crippen LogP contribution in [-0.4, -0.2) is 16.5 Å². The van der Waals surface area contributed by atoms with Gasteiger partial charge >= 0.3 is 0 Å². The maximum absolute atomic E-state index is 5.34. The van der Waals surface area contributed by atoms with Crippen LogP contribution in [0.1, 0.15) is 12.2 Å². The molecule has 0 atom stereocenters. The van der Waals surface area contributed by atoms with Gasteiger partial charge in [-0.1, -0.05) is 0 Å². The fourth-order valence-electron chi connectivity index (χ4n) is 0.728. The van der Waals surface area contributed by atoms with Crippen LogP contribution >= 0.6 is 15.9 Å². The maximum Gasteiger partial charge on any atom is 0.128 e. The summed E-state index contributed by atoms with van der Waals surface area (Å²) in [5.74, 6) is 0.860. The smallest absolute Gasteiger partial charge is 0.128 e. The van der Waals surface area contributed by atoms with E-state index in [1.165, 1.54) is 0 Å². The average molecular weight is 216 g/mol. The van der Waals surface area contributed by atoms with Crippen LogP contribution in [0.4, 0.5) is 0 Å². The lowest BCUT2D eigenvalue weighted by Gasteiger charge is -1.96. The molecule has 1 rings (SSSR count). The lowest BCUT2D eigenvalue weighted by atomic mass is 10.3. The largest absolute Gasteiger partial charge is 0.330 e. The molecule has 0 spiro atoms. The quantitative estimate of drug-likeness (QED) is 0.823. The molecule has 1 heterocycles. The van der Waals surface area contributed by atoms with E-state index < -0.39 is 0 Å². The molecule has 0 aliphatic heterocycles. The highest BCUT2D eigenvalue weighted by molar-refractivity contribution is 9.10. The van der Waals surface area contributed by atoms with Crippen molar-refractivity contribution in [2.75, 3.05) is 6.54 Å². The molecule has 0 saturated heterocycles. The van der Waals surface area contributed by atoms with Crippen LogP contribution in [0.15, 0.2) is 16.9 Å². The second-order valence-corrected chi connectivity index (χ2v) is 3.13. The molecule has 60 valence electrons. The Bertz CT molecular complexity index is 209. The molecular weight excluding hydrogens is 206 g/mol. The molecule has 0 unspecified atom stereocenters. The fourth-order valence-corrected chi connectivity index (χ4v) is 0.933. The predicted octanol–water partition coefficient (Wildman–Crippen LogP) is 1.13. The summed E-state index contributed by atoms with van der Waals surface area (Å²) in [7, 11) is 0. The molecule has 0 radical (unpaired) electrons. The molecule has 3 nitrogen and oxygen atoms in total. The molecule has 0 fully saturated rings. The third-order valence-corrected chi connectivity index (χ3v) is 1.69. The predicted molar refractivity (Wildman–Crippen MR) is 47.1 cm³/mol. The highest BCUT2D eigenvalue weighted by Crippen LogP contribution is 2.04. The third kappa shape index (κ3) is 2.95. The minimum absolute atomic E-state index is 0.694. The first-order chi connectivity index (χ1) is 5.33. The van der Waals surface area contributed by atoms with E-state index in [-0.39, 0.29) is 0 Å². The van der Waals surface area contributed by atoms with Crippen LogP contribution in [0.25, 0.3) is 0 Å². The van der Waals surface area contributed by atoms with E-state index in [1.54, 1.807) is 12.4 Å². The van der Waals surface area contributed by atoms with Crippen molar-refractivity contribution < 1.29 is 0 Å². The molecule has 1 aromatic heterocycles. The van der Waals surface area contributed by atoms with Crippen molar-refractivity contribution in [3.05, 3.63) is 22.7 Å². The number of aromatic nitrogens is 2. The lowest BCUT2D eigenvalue weighted by molar-refractivity contribution is 0.779. The number of hydrogen-bond acceptors (Lipinski definition) is 3. The SMILES string of the molecule is NCCCc1ncc(Br)cn1. The summed E-state index contributed by atoms with van der Waals surface area (Å²) in [6.45, 7) is 0.694. The van der Waals surface area contributed by atoms with E-state index in [0.717, 1.165) is 23.1 Å². The molecule has 1 aromatic rings. The Hall–Kier alpha value is -0.480. The summed E-state index contributed by atoms with van der Waals surface area (Å²) in [6, 6.07) is 0. The Labute approximate surface area is 74.2 Å². The Morgan fingerprint density at radius 2 is 2.00 bits per heavy atom. The van der Waals surface area contributed by atoms with Crippen LogP contribution in [0.2, 0.25) is 0 Å². The number of hydrogen-bond donors (Lipinski definition) is 1. The molecule has 0 bridgehead atoms. The van der Waals surface area contributed by atoms with Crippen molar-refractivity contribution in [3.8, 4) is 0 Å². The average Bonchev–Trinajstić information content (AvgIpc) is 2.04. The van der Waals surface area contributed by atoms with Crippen LogP contribution in [0.3, 0.4) is 0 Å². The van der Waals surface area contributed by atoms with Gasteiger partial charge in [-0.15, -0.1) is 0 Å². The maximum atomic E-state index is 5.34. The molecule has 0 aliphatic rings. The van der Waals surface area contributed by atoms with Gasteiger partial charge in [-0.05, 0) is 28.9 Å². The summed E-state index contributed by atoms with van der Waals surface area (Å²) in [6.07, 6.45) is 5.31. The molecule has 11 heavy (non-hydrogen) atoms. The van der Waals surface area contributed by atoms with Crippen LogP contribution in [0, 0.1) is 0 Å². The second kappa shape index (κ2) is 4.41. The van der Waals surface area contributed by atoms with Crippen LogP contribution < -0.4 is 5.73 Å². The van der Waals surface area contributed by atoms with Gasteiger partial charge in [0.05, 0.1) is 4.47 Å². The molecule has 0 aromatic carbocycles. The number of rotatable bonds is 3. The lowest BCUT2D eigenvalue weighted by Crippen LogP contribution is -2.02. The first-order valence-corrected chi connectivity index (χ1v) is 4.28. The fraction of sp³-hybridized carbons (Fsp3) is 0.429. The first kappa shape index (κ1) is 8.62. The zero-order chi connectivity index (χ0) is 8.10. The van der Waals surface area contributed by atoms with Crippen molar-refractivity contribution in [3.63, 3.8) is 0 Å². The van der Waals surface area contributed by atoms with Crippen molar-refractivity contribution >= 4 is 15.9 Å². The molecule has 0 saturated carbocycles. The standard InChI is InChI=1S/C7H10BrN3/c8-6-4-10-7(11-5-6)2-1-3-9/h4-5H,1-3,9H2. The van der Waals surface area contributed by atoms with E-state index in [4.69, 9.17) is 5.73 Å². The summed E-state index contributed by atoms with van der Waals surface area (Å²) < 4.78 is 0.911. The second-order valence-electron chi connectivity index (χ2n) is 2.21. The Morgan fingerprint density at radius 1 is 1.36 bits per heavy atom. The van der Waals surface area contributed by atoms with Crippen molar-refractivity contribution in [1.29, 1.82) is 0 Å². The first-order valence-electron chi connectivity index (χ1n) is 3.49. The highest BCUT2D eigenvalue weighted by atomic mass is 79.9. The van der Waals surface area contributed by atoms with E-state index in [9.17, 15) is 0 Å². The zero-order valence-electron chi connectivity index (χ0n) is 6.13. The topological polar surface area (TPSA) is 51.8 Å². The Kier molecular flexibility index (Phi) is 3.45. The van der Waals surface area contributed by atoms with Gasteiger partial charge in [-0.3, -0.25) is 0 Å². The van der Waals surface area contributed by atoms with Gasteiger partial charge in [0.2, 0.25) is 0 Å². The Morgan fingerprint density at radius 3 is 2.55 bits per heavy atom. The van der Waals surface area contributed by atoms with Gasteiger partial charge in [0.1, 0.15) is 5.82 Å². The zero-order valence-corrected chi connectivity index (χ0v) is 7.71. The van der Waals surface area contributed by atoms with E-state index in [0.29, 0.717) is 6.54 Å². The normalized spacial score (nSPS) is 10.0. The molecule has 0 aliphatic carbocycles. The van der Waals surface area contributed by atoms with Crippen molar-refractivity contribution in [2.24, 2.45) is 5.73 Å².